The maximum Gasteiger partial charge on any atom is 0.418 e. The summed E-state index contributed by atoms with van der Waals surface area (Å²) in [5, 5.41) is 0.415. The Morgan fingerprint density at radius 2 is 2.14 bits per heavy atom. The SMILES string of the molecule is COC(=O)n1cc(F)c2ccccc21. The second kappa shape index (κ2) is 3.14. The van der Waals surface area contributed by atoms with Gasteiger partial charge >= 0.3 is 6.09 Å². The molecule has 0 bridgehead atoms. The molecule has 0 aliphatic rings. The van der Waals surface area contributed by atoms with Crippen molar-refractivity contribution in [3.63, 3.8) is 0 Å². The lowest BCUT2D eigenvalue weighted by Gasteiger charge is -1.99. The van der Waals surface area contributed by atoms with Gasteiger partial charge in [0.2, 0.25) is 0 Å². The number of fused-ring (bicyclic) bond motifs is 1. The number of ether oxygens (including phenoxy) is 1. The zero-order valence-corrected chi connectivity index (χ0v) is 7.53. The number of nitrogens with zero attached hydrogens (tertiary/aromatic N) is 1. The van der Waals surface area contributed by atoms with Crippen molar-refractivity contribution >= 4 is 17.0 Å². The molecule has 0 radical (unpaired) electrons. The van der Waals surface area contributed by atoms with Gasteiger partial charge in [-0.2, -0.15) is 0 Å². The van der Waals surface area contributed by atoms with E-state index >= 15 is 0 Å². The van der Waals surface area contributed by atoms with Crippen LogP contribution in [0.2, 0.25) is 0 Å². The number of carbonyl (C=O) groups is 1. The first kappa shape index (κ1) is 8.74. The Morgan fingerprint density at radius 1 is 1.43 bits per heavy atom. The van der Waals surface area contributed by atoms with Crippen molar-refractivity contribution in [3.8, 4) is 0 Å². The predicted molar refractivity (Wildman–Crippen MR) is 49.7 cm³/mol. The number of rotatable bonds is 0. The van der Waals surface area contributed by atoms with E-state index in [2.05, 4.69) is 4.74 Å². The minimum Gasteiger partial charge on any atom is -0.452 e. The summed E-state index contributed by atoms with van der Waals surface area (Å²) in [6.07, 6.45) is 0.529. The molecule has 0 fully saturated rings. The van der Waals surface area contributed by atoms with Crippen LogP contribution in [0.15, 0.2) is 30.5 Å². The van der Waals surface area contributed by atoms with Crippen molar-refractivity contribution in [1.29, 1.82) is 0 Å². The first-order chi connectivity index (χ1) is 6.74. The highest BCUT2D eigenvalue weighted by Gasteiger charge is 2.12. The predicted octanol–water partition coefficient (Wildman–Crippen LogP) is 2.39. The lowest BCUT2D eigenvalue weighted by Crippen LogP contribution is -2.09. The molecular weight excluding hydrogens is 185 g/mol. The third-order valence-corrected chi connectivity index (χ3v) is 2.03. The summed E-state index contributed by atoms with van der Waals surface area (Å²) in [4.78, 5) is 11.2. The average Bonchev–Trinajstić information content (AvgIpc) is 2.56. The minimum atomic E-state index is -0.592. The van der Waals surface area contributed by atoms with E-state index in [0.29, 0.717) is 10.9 Å². The Kier molecular flexibility index (Phi) is 1.96. The third kappa shape index (κ3) is 1.16. The van der Waals surface area contributed by atoms with Gasteiger partial charge in [-0.15, -0.1) is 0 Å². The summed E-state index contributed by atoms with van der Waals surface area (Å²) in [6, 6.07) is 6.73. The van der Waals surface area contributed by atoms with Gasteiger partial charge in [0.05, 0.1) is 18.8 Å². The van der Waals surface area contributed by atoms with Gasteiger partial charge in [-0.05, 0) is 12.1 Å². The molecule has 1 heterocycles. The molecular formula is C10H8FNO2. The number of carbonyl (C=O) groups excluding carboxylic acids is 1. The normalized spacial score (nSPS) is 10.4. The van der Waals surface area contributed by atoms with Crippen LogP contribution < -0.4 is 0 Å². The molecule has 0 spiro atoms. The van der Waals surface area contributed by atoms with Gasteiger partial charge in [0.15, 0.2) is 0 Å². The Hall–Kier alpha value is -1.84. The van der Waals surface area contributed by atoms with Gasteiger partial charge in [-0.25, -0.2) is 13.8 Å². The quantitative estimate of drug-likeness (QED) is 0.643. The molecule has 3 nitrogen and oxygen atoms in total. The van der Waals surface area contributed by atoms with E-state index in [1.807, 2.05) is 0 Å². The van der Waals surface area contributed by atoms with Gasteiger partial charge in [-0.1, -0.05) is 12.1 Å². The highest BCUT2D eigenvalue weighted by atomic mass is 19.1. The van der Waals surface area contributed by atoms with Crippen molar-refractivity contribution < 1.29 is 13.9 Å². The van der Waals surface area contributed by atoms with Crippen LogP contribution in [-0.2, 0) is 4.74 Å². The number of aromatic nitrogens is 1. The first-order valence-electron chi connectivity index (χ1n) is 4.08. The van der Waals surface area contributed by atoms with E-state index < -0.39 is 11.9 Å². The largest absolute Gasteiger partial charge is 0.452 e. The van der Waals surface area contributed by atoms with Crippen LogP contribution in [0.5, 0.6) is 0 Å². The molecule has 1 aromatic heterocycles. The fraction of sp³-hybridized carbons (Fsp3) is 0.100. The summed E-state index contributed by atoms with van der Waals surface area (Å²) in [5.41, 5.74) is 0.511. The van der Waals surface area contributed by atoms with Crippen LogP contribution in [0, 0.1) is 5.82 Å². The topological polar surface area (TPSA) is 31.2 Å². The maximum absolute atomic E-state index is 13.3. The summed E-state index contributed by atoms with van der Waals surface area (Å²) in [7, 11) is 1.26. The molecule has 0 aliphatic carbocycles. The van der Waals surface area contributed by atoms with Gasteiger partial charge < -0.3 is 4.74 Å². The number of halogens is 1. The van der Waals surface area contributed by atoms with E-state index in [1.165, 1.54) is 7.11 Å². The highest BCUT2D eigenvalue weighted by molar-refractivity contribution is 5.89. The standard InChI is InChI=1S/C10H8FNO2/c1-14-10(13)12-6-8(11)7-4-2-3-5-9(7)12/h2-6H,1H3. The van der Waals surface area contributed by atoms with Gasteiger partial charge in [-0.3, -0.25) is 0 Å². The smallest absolute Gasteiger partial charge is 0.418 e. The van der Waals surface area contributed by atoms with E-state index in [-0.39, 0.29) is 0 Å². The van der Waals surface area contributed by atoms with E-state index in [9.17, 15) is 9.18 Å². The highest BCUT2D eigenvalue weighted by Crippen LogP contribution is 2.19. The molecule has 4 heteroatoms. The molecule has 0 atom stereocenters. The van der Waals surface area contributed by atoms with E-state index in [1.54, 1.807) is 24.3 Å². The zero-order valence-electron chi connectivity index (χ0n) is 7.53. The van der Waals surface area contributed by atoms with Crippen LogP contribution in [0.3, 0.4) is 0 Å². The van der Waals surface area contributed by atoms with Crippen LogP contribution in [0.1, 0.15) is 0 Å². The molecule has 2 rings (SSSR count). The van der Waals surface area contributed by atoms with Crippen LogP contribution in [0.25, 0.3) is 10.9 Å². The summed E-state index contributed by atoms with van der Waals surface area (Å²) >= 11 is 0. The number of benzene rings is 1. The van der Waals surface area contributed by atoms with Gasteiger partial charge in [0.1, 0.15) is 5.82 Å². The van der Waals surface area contributed by atoms with E-state index in [4.69, 9.17) is 0 Å². The molecule has 0 saturated carbocycles. The maximum atomic E-state index is 13.3. The van der Waals surface area contributed by atoms with Crippen molar-refractivity contribution in [2.75, 3.05) is 7.11 Å². The molecule has 14 heavy (non-hydrogen) atoms. The fourth-order valence-corrected chi connectivity index (χ4v) is 1.39. The van der Waals surface area contributed by atoms with Crippen molar-refractivity contribution in [2.24, 2.45) is 0 Å². The fourth-order valence-electron chi connectivity index (χ4n) is 1.39. The summed E-state index contributed by atoms with van der Waals surface area (Å²) in [5.74, 6) is -0.425. The molecule has 1 aromatic carbocycles. The summed E-state index contributed by atoms with van der Waals surface area (Å²) < 4.78 is 18.9. The zero-order chi connectivity index (χ0) is 10.1. The number of hydrogen-bond donors (Lipinski definition) is 0. The van der Waals surface area contributed by atoms with Crippen molar-refractivity contribution in [3.05, 3.63) is 36.3 Å². The van der Waals surface area contributed by atoms with Gasteiger partial charge in [0.25, 0.3) is 0 Å². The molecule has 0 aliphatic heterocycles. The van der Waals surface area contributed by atoms with E-state index in [0.717, 1.165) is 10.8 Å². The Labute approximate surface area is 79.7 Å². The lowest BCUT2D eigenvalue weighted by molar-refractivity contribution is 0.174. The summed E-state index contributed by atoms with van der Waals surface area (Å²) in [6.45, 7) is 0. The second-order valence-corrected chi connectivity index (χ2v) is 2.83. The molecule has 72 valence electrons. The van der Waals surface area contributed by atoms with Crippen LogP contribution >= 0.6 is 0 Å². The van der Waals surface area contributed by atoms with Gasteiger partial charge in [0, 0.05) is 5.39 Å². The van der Waals surface area contributed by atoms with Crippen molar-refractivity contribution in [1.82, 2.24) is 4.57 Å². The molecule has 0 amide bonds. The Balaban J connectivity index is 2.72. The molecule has 2 aromatic rings. The number of methoxy groups -OCH3 is 1. The first-order valence-corrected chi connectivity index (χ1v) is 4.08. The Bertz CT molecular complexity index is 490. The molecule has 0 saturated heterocycles. The average molecular weight is 193 g/mol. The van der Waals surface area contributed by atoms with Crippen LogP contribution in [0.4, 0.5) is 9.18 Å². The number of hydrogen-bond acceptors (Lipinski definition) is 2. The van der Waals surface area contributed by atoms with Crippen molar-refractivity contribution in [2.45, 2.75) is 0 Å². The monoisotopic (exact) mass is 193 g/mol. The third-order valence-electron chi connectivity index (χ3n) is 2.03. The second-order valence-electron chi connectivity index (χ2n) is 2.83. The number of para-hydroxylation sites is 1. The van der Waals surface area contributed by atoms with Crippen LogP contribution in [-0.4, -0.2) is 17.8 Å². The minimum absolute atomic E-state index is 0.415. The molecule has 0 unspecified atom stereocenters. The Morgan fingerprint density at radius 3 is 2.86 bits per heavy atom. The lowest BCUT2D eigenvalue weighted by atomic mass is 10.2. The molecule has 0 N–H and O–H groups in total.